The van der Waals surface area contributed by atoms with Crippen LogP contribution in [0.2, 0.25) is 0 Å². The van der Waals surface area contributed by atoms with Gasteiger partial charge in [0.15, 0.2) is 5.82 Å². The van der Waals surface area contributed by atoms with Crippen LogP contribution in [0.25, 0.3) is 11.4 Å². The van der Waals surface area contributed by atoms with Gasteiger partial charge in [-0.15, -0.1) is 0 Å². The Morgan fingerprint density at radius 1 is 0.871 bits per heavy atom. The van der Waals surface area contributed by atoms with Crippen molar-refractivity contribution in [3.63, 3.8) is 0 Å². The standard InChI is InChI=1S/C26H24N4O/c1-18-8-10-20(11-9-18)19(2)28-26(31)22-12-14-23(15-13-22)29-24-16-17-27-25(30-24)21-6-4-3-5-7-21/h3-17,19H,1-2H3,(H,28,31)(H,27,29,30). The first-order valence-corrected chi connectivity index (χ1v) is 10.2. The van der Waals surface area contributed by atoms with Gasteiger partial charge < -0.3 is 10.6 Å². The smallest absolute Gasteiger partial charge is 0.251 e. The van der Waals surface area contributed by atoms with Crippen LogP contribution in [0.15, 0.2) is 91.1 Å². The van der Waals surface area contributed by atoms with Gasteiger partial charge >= 0.3 is 0 Å². The number of hydrogen-bond acceptors (Lipinski definition) is 4. The Balaban J connectivity index is 1.41. The fourth-order valence-corrected chi connectivity index (χ4v) is 3.23. The molecule has 4 rings (SSSR count). The lowest BCUT2D eigenvalue weighted by Crippen LogP contribution is -2.26. The van der Waals surface area contributed by atoms with Gasteiger partial charge in [-0.2, -0.15) is 0 Å². The molecular formula is C26H24N4O. The molecule has 2 N–H and O–H groups in total. The molecule has 0 spiro atoms. The molecule has 31 heavy (non-hydrogen) atoms. The van der Waals surface area contributed by atoms with Crippen molar-refractivity contribution in [2.75, 3.05) is 5.32 Å². The van der Waals surface area contributed by atoms with Gasteiger partial charge in [0, 0.05) is 23.0 Å². The number of rotatable bonds is 6. The second kappa shape index (κ2) is 9.22. The van der Waals surface area contributed by atoms with E-state index in [1.54, 1.807) is 18.3 Å². The molecule has 1 atom stereocenters. The number of carbonyl (C=O) groups excluding carboxylic acids is 1. The van der Waals surface area contributed by atoms with Crippen LogP contribution in [0, 0.1) is 6.92 Å². The third kappa shape index (κ3) is 5.14. The van der Waals surface area contributed by atoms with E-state index < -0.39 is 0 Å². The average Bonchev–Trinajstić information content (AvgIpc) is 2.81. The van der Waals surface area contributed by atoms with Crippen molar-refractivity contribution < 1.29 is 4.79 Å². The van der Waals surface area contributed by atoms with Crippen molar-refractivity contribution in [1.29, 1.82) is 0 Å². The first kappa shape index (κ1) is 20.3. The zero-order chi connectivity index (χ0) is 21.6. The number of nitrogens with one attached hydrogen (secondary N) is 2. The van der Waals surface area contributed by atoms with Crippen LogP contribution in [-0.4, -0.2) is 15.9 Å². The van der Waals surface area contributed by atoms with Crippen LogP contribution in [-0.2, 0) is 0 Å². The molecule has 1 aromatic heterocycles. The van der Waals surface area contributed by atoms with Crippen molar-refractivity contribution in [2.24, 2.45) is 0 Å². The van der Waals surface area contributed by atoms with E-state index in [-0.39, 0.29) is 11.9 Å². The normalized spacial score (nSPS) is 11.5. The van der Waals surface area contributed by atoms with Crippen LogP contribution in [0.5, 0.6) is 0 Å². The molecule has 1 amide bonds. The highest BCUT2D eigenvalue weighted by molar-refractivity contribution is 5.94. The summed E-state index contributed by atoms with van der Waals surface area (Å²) in [6, 6.07) is 27.1. The zero-order valence-corrected chi connectivity index (χ0v) is 17.5. The van der Waals surface area contributed by atoms with Gasteiger partial charge in [-0.05, 0) is 49.7 Å². The SMILES string of the molecule is Cc1ccc(C(C)NC(=O)c2ccc(Nc3ccnc(-c4ccccc4)n3)cc2)cc1. The Bertz CT molecular complexity index is 1160. The van der Waals surface area contributed by atoms with Crippen LogP contribution >= 0.6 is 0 Å². The van der Waals surface area contributed by atoms with Gasteiger partial charge in [0.1, 0.15) is 5.82 Å². The monoisotopic (exact) mass is 408 g/mol. The minimum absolute atomic E-state index is 0.0664. The number of anilines is 2. The molecule has 5 heteroatoms. The van der Waals surface area contributed by atoms with E-state index in [2.05, 4.69) is 32.7 Å². The number of aryl methyl sites for hydroxylation is 1. The van der Waals surface area contributed by atoms with Gasteiger partial charge in [0.25, 0.3) is 5.91 Å². The predicted molar refractivity (Wildman–Crippen MR) is 124 cm³/mol. The molecule has 154 valence electrons. The summed E-state index contributed by atoms with van der Waals surface area (Å²) in [6.45, 7) is 4.03. The van der Waals surface area contributed by atoms with Crippen molar-refractivity contribution in [3.8, 4) is 11.4 Å². The van der Waals surface area contributed by atoms with Crippen LogP contribution in [0.4, 0.5) is 11.5 Å². The molecule has 0 saturated carbocycles. The van der Waals surface area contributed by atoms with Crippen molar-refractivity contribution in [3.05, 3.63) is 108 Å². The molecule has 0 radical (unpaired) electrons. The molecule has 1 unspecified atom stereocenters. The highest BCUT2D eigenvalue weighted by Gasteiger charge is 2.11. The van der Waals surface area contributed by atoms with Crippen LogP contribution in [0.3, 0.4) is 0 Å². The number of hydrogen-bond donors (Lipinski definition) is 2. The van der Waals surface area contributed by atoms with E-state index in [0.29, 0.717) is 17.2 Å². The quantitative estimate of drug-likeness (QED) is 0.430. The molecule has 5 nitrogen and oxygen atoms in total. The summed E-state index contributed by atoms with van der Waals surface area (Å²) >= 11 is 0. The molecular weight excluding hydrogens is 384 g/mol. The van der Waals surface area contributed by atoms with Gasteiger partial charge in [0.2, 0.25) is 0 Å². The molecule has 0 saturated heterocycles. The summed E-state index contributed by atoms with van der Waals surface area (Å²) in [5.41, 5.74) is 4.69. The van der Waals surface area contributed by atoms with E-state index in [9.17, 15) is 4.79 Å². The number of benzene rings is 3. The number of nitrogens with zero attached hydrogens (tertiary/aromatic N) is 2. The van der Waals surface area contributed by atoms with Crippen LogP contribution in [0.1, 0.15) is 34.5 Å². The van der Waals surface area contributed by atoms with Crippen molar-refractivity contribution in [2.45, 2.75) is 19.9 Å². The Hall–Kier alpha value is -3.99. The van der Waals surface area contributed by atoms with E-state index in [0.717, 1.165) is 16.8 Å². The predicted octanol–water partition coefficient (Wildman–Crippen LogP) is 5.69. The molecule has 0 bridgehead atoms. The maximum Gasteiger partial charge on any atom is 0.251 e. The Morgan fingerprint density at radius 3 is 2.29 bits per heavy atom. The number of aromatic nitrogens is 2. The summed E-state index contributed by atoms with van der Waals surface area (Å²) in [5.74, 6) is 1.25. The maximum atomic E-state index is 12.6. The Labute approximate surface area is 182 Å². The highest BCUT2D eigenvalue weighted by atomic mass is 16.1. The summed E-state index contributed by atoms with van der Waals surface area (Å²) in [6.07, 6.45) is 1.73. The minimum Gasteiger partial charge on any atom is -0.346 e. The fraction of sp³-hybridized carbons (Fsp3) is 0.115. The van der Waals surface area contributed by atoms with E-state index in [4.69, 9.17) is 0 Å². The van der Waals surface area contributed by atoms with E-state index in [1.165, 1.54) is 5.56 Å². The van der Waals surface area contributed by atoms with Crippen molar-refractivity contribution in [1.82, 2.24) is 15.3 Å². The lowest BCUT2D eigenvalue weighted by molar-refractivity contribution is 0.0940. The third-order valence-corrected chi connectivity index (χ3v) is 5.03. The fourth-order valence-electron chi connectivity index (χ4n) is 3.23. The maximum absolute atomic E-state index is 12.6. The van der Waals surface area contributed by atoms with E-state index >= 15 is 0 Å². The summed E-state index contributed by atoms with van der Waals surface area (Å²) in [4.78, 5) is 21.5. The second-order valence-electron chi connectivity index (χ2n) is 7.44. The van der Waals surface area contributed by atoms with Gasteiger partial charge in [0.05, 0.1) is 6.04 Å². The minimum atomic E-state index is -0.104. The molecule has 4 aromatic rings. The third-order valence-electron chi connectivity index (χ3n) is 5.03. The Morgan fingerprint density at radius 2 is 1.58 bits per heavy atom. The molecule has 3 aromatic carbocycles. The summed E-state index contributed by atoms with van der Waals surface area (Å²) in [5, 5.41) is 6.32. The molecule has 0 aliphatic heterocycles. The lowest BCUT2D eigenvalue weighted by Gasteiger charge is -2.15. The molecule has 1 heterocycles. The largest absolute Gasteiger partial charge is 0.346 e. The van der Waals surface area contributed by atoms with Gasteiger partial charge in [-0.25, -0.2) is 9.97 Å². The first-order chi connectivity index (χ1) is 15.1. The summed E-state index contributed by atoms with van der Waals surface area (Å²) in [7, 11) is 0. The second-order valence-corrected chi connectivity index (χ2v) is 7.44. The zero-order valence-electron chi connectivity index (χ0n) is 17.5. The van der Waals surface area contributed by atoms with Crippen molar-refractivity contribution >= 4 is 17.4 Å². The Kier molecular flexibility index (Phi) is 6.03. The summed E-state index contributed by atoms with van der Waals surface area (Å²) < 4.78 is 0. The van der Waals surface area contributed by atoms with Gasteiger partial charge in [-0.1, -0.05) is 60.2 Å². The molecule has 0 fully saturated rings. The van der Waals surface area contributed by atoms with Gasteiger partial charge in [-0.3, -0.25) is 4.79 Å². The molecule has 0 aliphatic rings. The first-order valence-electron chi connectivity index (χ1n) is 10.2. The topological polar surface area (TPSA) is 66.9 Å². The number of amides is 1. The molecule has 0 aliphatic carbocycles. The van der Waals surface area contributed by atoms with Crippen LogP contribution < -0.4 is 10.6 Å². The lowest BCUT2D eigenvalue weighted by atomic mass is 10.1. The van der Waals surface area contributed by atoms with E-state index in [1.807, 2.05) is 74.5 Å². The average molecular weight is 409 g/mol. The highest BCUT2D eigenvalue weighted by Crippen LogP contribution is 2.20. The number of carbonyl (C=O) groups is 1.